The Bertz CT molecular complexity index is 403. The van der Waals surface area contributed by atoms with Gasteiger partial charge in [-0.3, -0.25) is 0 Å². The van der Waals surface area contributed by atoms with Gasteiger partial charge in [0.05, 0.1) is 11.7 Å². The molecule has 0 aliphatic heterocycles. The van der Waals surface area contributed by atoms with Crippen LogP contribution in [-0.4, -0.2) is 48.9 Å². The summed E-state index contributed by atoms with van der Waals surface area (Å²) in [7, 11) is 3.92. The van der Waals surface area contributed by atoms with Gasteiger partial charge in [-0.1, -0.05) is 18.2 Å². The molecule has 0 amide bonds. The van der Waals surface area contributed by atoms with Crippen LogP contribution >= 0.6 is 0 Å². The van der Waals surface area contributed by atoms with Gasteiger partial charge in [-0.2, -0.15) is 0 Å². The maximum atomic E-state index is 10.2. The first-order chi connectivity index (χ1) is 9.30. The maximum Gasteiger partial charge on any atom is 0.124 e. The summed E-state index contributed by atoms with van der Waals surface area (Å²) in [6.07, 6.45) is 0.160. The first-order valence-electron chi connectivity index (χ1n) is 7.12. The minimum Gasteiger partial charge on any atom is -0.491 e. The molecule has 0 saturated carbocycles. The smallest absolute Gasteiger partial charge is 0.124 e. The molecule has 0 fully saturated rings. The lowest BCUT2D eigenvalue weighted by molar-refractivity contribution is 0.0335. The van der Waals surface area contributed by atoms with E-state index in [0.717, 1.165) is 11.3 Å². The van der Waals surface area contributed by atoms with Gasteiger partial charge in [0.1, 0.15) is 5.75 Å². The minimum absolute atomic E-state index is 0.160. The van der Waals surface area contributed by atoms with Crippen molar-refractivity contribution in [1.29, 1.82) is 0 Å². The zero-order valence-electron chi connectivity index (χ0n) is 13.3. The summed E-state index contributed by atoms with van der Waals surface area (Å²) in [6, 6.07) is 8.01. The van der Waals surface area contributed by atoms with Crippen molar-refractivity contribution in [3.63, 3.8) is 0 Å². The molecule has 0 radical (unpaired) electrons. The number of likely N-dealkylation sites (N-methyl/N-ethyl adjacent to an activating group) is 1. The van der Waals surface area contributed by atoms with E-state index in [1.54, 1.807) is 0 Å². The highest BCUT2D eigenvalue weighted by atomic mass is 16.5. The van der Waals surface area contributed by atoms with Gasteiger partial charge >= 0.3 is 0 Å². The zero-order chi connectivity index (χ0) is 15.2. The summed E-state index contributed by atoms with van der Waals surface area (Å²) in [5, 5.41) is 13.5. The van der Waals surface area contributed by atoms with Crippen molar-refractivity contribution in [3.8, 4) is 5.75 Å². The second-order valence-corrected chi connectivity index (χ2v) is 6.11. The van der Waals surface area contributed by atoms with Crippen molar-refractivity contribution in [2.24, 2.45) is 0 Å². The molecule has 0 bridgehead atoms. The SMILES string of the molecule is CC(C)Oc1ccccc1CNCC(C)(O)CN(C)C. The molecule has 4 heteroatoms. The van der Waals surface area contributed by atoms with Crippen LogP contribution in [0.25, 0.3) is 0 Å². The molecule has 1 unspecified atom stereocenters. The summed E-state index contributed by atoms with van der Waals surface area (Å²) >= 11 is 0. The second-order valence-electron chi connectivity index (χ2n) is 6.11. The van der Waals surface area contributed by atoms with Gasteiger partial charge in [0, 0.05) is 25.2 Å². The number of hydrogen-bond acceptors (Lipinski definition) is 4. The van der Waals surface area contributed by atoms with Crippen LogP contribution in [0.1, 0.15) is 26.3 Å². The van der Waals surface area contributed by atoms with Gasteiger partial charge in [-0.25, -0.2) is 0 Å². The third-order valence-corrected chi connectivity index (χ3v) is 2.81. The van der Waals surface area contributed by atoms with E-state index >= 15 is 0 Å². The van der Waals surface area contributed by atoms with Gasteiger partial charge in [-0.05, 0) is 40.9 Å². The lowest BCUT2D eigenvalue weighted by atomic mass is 10.1. The Labute approximate surface area is 122 Å². The number of hydrogen-bond donors (Lipinski definition) is 2. The lowest BCUT2D eigenvalue weighted by Gasteiger charge is -2.27. The molecule has 2 N–H and O–H groups in total. The monoisotopic (exact) mass is 280 g/mol. The van der Waals surface area contributed by atoms with Gasteiger partial charge in [0.25, 0.3) is 0 Å². The van der Waals surface area contributed by atoms with Crippen LogP contribution in [0.5, 0.6) is 5.75 Å². The predicted molar refractivity (Wildman–Crippen MR) is 83.1 cm³/mol. The van der Waals surface area contributed by atoms with E-state index in [4.69, 9.17) is 4.74 Å². The van der Waals surface area contributed by atoms with Crippen molar-refractivity contribution < 1.29 is 9.84 Å². The topological polar surface area (TPSA) is 44.7 Å². The molecular formula is C16H28N2O2. The van der Waals surface area contributed by atoms with Gasteiger partial charge in [0.2, 0.25) is 0 Å². The molecule has 1 rings (SSSR count). The molecule has 1 atom stereocenters. The molecule has 0 spiro atoms. The molecule has 20 heavy (non-hydrogen) atoms. The molecule has 1 aromatic carbocycles. The number of ether oxygens (including phenoxy) is 1. The van der Waals surface area contributed by atoms with E-state index in [-0.39, 0.29) is 6.10 Å². The van der Waals surface area contributed by atoms with Crippen molar-refractivity contribution in [1.82, 2.24) is 10.2 Å². The fourth-order valence-corrected chi connectivity index (χ4v) is 2.22. The van der Waals surface area contributed by atoms with E-state index in [0.29, 0.717) is 19.6 Å². The predicted octanol–water partition coefficient (Wildman–Crippen LogP) is 1.88. The average Bonchev–Trinajstić information content (AvgIpc) is 2.28. The standard InChI is InChI=1S/C16H28N2O2/c1-13(2)20-15-9-7-6-8-14(15)10-17-11-16(3,19)12-18(4)5/h6-9,13,17,19H,10-12H2,1-5H3. The fourth-order valence-electron chi connectivity index (χ4n) is 2.22. The van der Waals surface area contributed by atoms with Crippen LogP contribution in [0.4, 0.5) is 0 Å². The first kappa shape index (κ1) is 17.0. The van der Waals surface area contributed by atoms with Gasteiger partial charge in [0.15, 0.2) is 0 Å². The van der Waals surface area contributed by atoms with E-state index in [1.165, 1.54) is 0 Å². The highest BCUT2D eigenvalue weighted by Gasteiger charge is 2.20. The van der Waals surface area contributed by atoms with Crippen LogP contribution in [0.2, 0.25) is 0 Å². The third-order valence-electron chi connectivity index (χ3n) is 2.81. The van der Waals surface area contributed by atoms with Crippen LogP contribution in [0.3, 0.4) is 0 Å². The Kier molecular flexibility index (Phi) is 6.46. The highest BCUT2D eigenvalue weighted by Crippen LogP contribution is 2.19. The Morgan fingerprint density at radius 3 is 2.55 bits per heavy atom. The molecule has 0 aliphatic carbocycles. The normalized spacial score (nSPS) is 14.6. The van der Waals surface area contributed by atoms with E-state index in [9.17, 15) is 5.11 Å². The Hall–Kier alpha value is -1.10. The summed E-state index contributed by atoms with van der Waals surface area (Å²) in [5.41, 5.74) is 0.374. The average molecular weight is 280 g/mol. The number of rotatable bonds is 8. The number of nitrogens with one attached hydrogen (secondary N) is 1. The molecule has 1 aromatic rings. The van der Waals surface area contributed by atoms with Gasteiger partial charge in [-0.15, -0.1) is 0 Å². The Morgan fingerprint density at radius 2 is 1.95 bits per heavy atom. The van der Waals surface area contributed by atoms with E-state index in [1.807, 2.05) is 64.0 Å². The molecule has 0 aliphatic rings. The summed E-state index contributed by atoms with van der Waals surface area (Å²) in [5.74, 6) is 0.905. The molecule has 0 heterocycles. The van der Waals surface area contributed by atoms with E-state index < -0.39 is 5.60 Å². The quantitative estimate of drug-likeness (QED) is 0.763. The summed E-state index contributed by atoms with van der Waals surface area (Å²) in [4.78, 5) is 1.98. The molecule has 114 valence electrons. The molecule has 0 saturated heterocycles. The van der Waals surface area contributed by atoms with Crippen LogP contribution in [0, 0.1) is 0 Å². The minimum atomic E-state index is -0.739. The molecule has 0 aromatic heterocycles. The second kappa shape index (κ2) is 7.62. The number of aliphatic hydroxyl groups is 1. The highest BCUT2D eigenvalue weighted by molar-refractivity contribution is 5.33. The molecule has 4 nitrogen and oxygen atoms in total. The maximum absolute atomic E-state index is 10.2. The summed E-state index contributed by atoms with van der Waals surface area (Å²) in [6.45, 7) is 7.74. The number of benzene rings is 1. The van der Waals surface area contributed by atoms with E-state index in [2.05, 4.69) is 5.32 Å². The third kappa shape index (κ3) is 6.37. The van der Waals surface area contributed by atoms with Crippen molar-refractivity contribution in [2.45, 2.75) is 39.0 Å². The fraction of sp³-hybridized carbons (Fsp3) is 0.625. The number of para-hydroxylation sites is 1. The Balaban J connectivity index is 2.53. The zero-order valence-corrected chi connectivity index (χ0v) is 13.3. The number of nitrogens with zero attached hydrogens (tertiary/aromatic N) is 1. The largest absolute Gasteiger partial charge is 0.491 e. The van der Waals surface area contributed by atoms with Crippen LogP contribution in [0.15, 0.2) is 24.3 Å². The lowest BCUT2D eigenvalue weighted by Crippen LogP contribution is -2.45. The van der Waals surface area contributed by atoms with Crippen molar-refractivity contribution >= 4 is 0 Å². The summed E-state index contributed by atoms with van der Waals surface area (Å²) < 4.78 is 5.78. The van der Waals surface area contributed by atoms with Crippen LogP contribution in [-0.2, 0) is 6.54 Å². The first-order valence-corrected chi connectivity index (χ1v) is 7.12. The molecular weight excluding hydrogens is 252 g/mol. The van der Waals surface area contributed by atoms with Crippen molar-refractivity contribution in [2.75, 3.05) is 27.2 Å². The van der Waals surface area contributed by atoms with Gasteiger partial charge < -0.3 is 20.1 Å². The van der Waals surface area contributed by atoms with Crippen molar-refractivity contribution in [3.05, 3.63) is 29.8 Å². The van der Waals surface area contributed by atoms with Crippen LogP contribution < -0.4 is 10.1 Å². The Morgan fingerprint density at radius 1 is 1.30 bits per heavy atom.